The zero-order valence-electron chi connectivity index (χ0n) is 11.2. The van der Waals surface area contributed by atoms with E-state index in [1.165, 1.54) is 0 Å². The van der Waals surface area contributed by atoms with Gasteiger partial charge in [-0.2, -0.15) is 0 Å². The first kappa shape index (κ1) is 14.0. The van der Waals surface area contributed by atoms with E-state index < -0.39 is 0 Å². The second kappa shape index (κ2) is 7.31. The molecule has 0 saturated carbocycles. The number of amides is 1. The van der Waals surface area contributed by atoms with Crippen molar-refractivity contribution in [1.29, 1.82) is 0 Å². The first-order valence-corrected chi connectivity index (χ1v) is 5.96. The SMILES string of the molecule is CC(C)=C=CCN(C)C(=O)/C=C/c1ccccc1. The van der Waals surface area contributed by atoms with Crippen LogP contribution >= 0.6 is 0 Å². The molecule has 1 aromatic rings. The van der Waals surface area contributed by atoms with Crippen LogP contribution < -0.4 is 0 Å². The largest absolute Gasteiger partial charge is 0.338 e. The van der Waals surface area contributed by atoms with Crippen LogP contribution in [0.1, 0.15) is 19.4 Å². The lowest BCUT2D eigenvalue weighted by molar-refractivity contribution is -0.124. The maximum absolute atomic E-state index is 11.8. The molecule has 0 atom stereocenters. The van der Waals surface area contributed by atoms with Crippen molar-refractivity contribution in [2.75, 3.05) is 13.6 Å². The Labute approximate surface area is 109 Å². The second-order valence-corrected chi connectivity index (χ2v) is 4.31. The lowest BCUT2D eigenvalue weighted by Crippen LogP contribution is -2.24. The molecule has 18 heavy (non-hydrogen) atoms. The maximum atomic E-state index is 11.8. The van der Waals surface area contributed by atoms with Crippen LogP contribution in [0.4, 0.5) is 0 Å². The van der Waals surface area contributed by atoms with Gasteiger partial charge in [-0.05, 0) is 37.1 Å². The Kier molecular flexibility index (Phi) is 5.69. The standard InChI is InChI=1S/C16H19NO/c1-14(2)8-7-13-17(3)16(18)12-11-15-9-5-4-6-10-15/h4-7,9-12H,13H2,1-3H3/b12-11+. The van der Waals surface area contributed by atoms with Crippen molar-refractivity contribution in [3.63, 3.8) is 0 Å². The number of carbonyl (C=O) groups excluding carboxylic acids is 1. The van der Waals surface area contributed by atoms with Crippen molar-refractivity contribution < 1.29 is 4.79 Å². The predicted molar refractivity (Wildman–Crippen MR) is 76.1 cm³/mol. The first-order chi connectivity index (χ1) is 8.59. The predicted octanol–water partition coefficient (Wildman–Crippen LogP) is 3.28. The Bertz CT molecular complexity index is 475. The quantitative estimate of drug-likeness (QED) is 0.585. The number of nitrogens with zero attached hydrogens (tertiary/aromatic N) is 1. The Morgan fingerprint density at radius 3 is 2.56 bits per heavy atom. The molecule has 0 aliphatic heterocycles. The molecule has 0 bridgehead atoms. The lowest BCUT2D eigenvalue weighted by atomic mass is 10.2. The molecule has 1 rings (SSSR count). The van der Waals surface area contributed by atoms with Gasteiger partial charge in [0.05, 0.1) is 0 Å². The molecule has 0 N–H and O–H groups in total. The molecule has 1 aromatic carbocycles. The Balaban J connectivity index is 2.55. The molecular formula is C16H19NO. The summed E-state index contributed by atoms with van der Waals surface area (Å²) < 4.78 is 0. The highest BCUT2D eigenvalue weighted by molar-refractivity contribution is 5.91. The van der Waals surface area contributed by atoms with Gasteiger partial charge < -0.3 is 4.90 Å². The van der Waals surface area contributed by atoms with Crippen molar-refractivity contribution in [3.05, 3.63) is 59.4 Å². The van der Waals surface area contributed by atoms with E-state index >= 15 is 0 Å². The van der Waals surface area contributed by atoms with Gasteiger partial charge in [-0.15, -0.1) is 5.73 Å². The molecule has 1 amide bonds. The van der Waals surface area contributed by atoms with Crippen LogP contribution in [0.2, 0.25) is 0 Å². The normalized spacial score (nSPS) is 9.94. The average molecular weight is 241 g/mol. The molecule has 0 aliphatic rings. The Hall–Kier alpha value is -2.05. The fourth-order valence-electron chi connectivity index (χ4n) is 1.34. The number of benzene rings is 1. The highest BCUT2D eigenvalue weighted by Gasteiger charge is 2.01. The fraction of sp³-hybridized carbons (Fsp3) is 0.250. The minimum absolute atomic E-state index is 0.00865. The van der Waals surface area contributed by atoms with E-state index in [4.69, 9.17) is 0 Å². The number of hydrogen-bond acceptors (Lipinski definition) is 1. The van der Waals surface area contributed by atoms with Crippen LogP contribution in [0, 0.1) is 0 Å². The zero-order valence-corrected chi connectivity index (χ0v) is 11.2. The number of carbonyl (C=O) groups is 1. The average Bonchev–Trinajstić information content (AvgIpc) is 2.36. The van der Waals surface area contributed by atoms with Gasteiger partial charge in [-0.3, -0.25) is 4.79 Å². The summed E-state index contributed by atoms with van der Waals surface area (Å²) in [6.07, 6.45) is 5.28. The Morgan fingerprint density at radius 1 is 1.28 bits per heavy atom. The molecular weight excluding hydrogens is 222 g/mol. The molecule has 2 nitrogen and oxygen atoms in total. The monoisotopic (exact) mass is 241 g/mol. The molecule has 0 spiro atoms. The molecule has 2 heteroatoms. The molecule has 0 heterocycles. The first-order valence-electron chi connectivity index (χ1n) is 5.96. The van der Waals surface area contributed by atoms with Crippen molar-refractivity contribution >= 4 is 12.0 Å². The minimum Gasteiger partial charge on any atom is -0.338 e. The van der Waals surface area contributed by atoms with Gasteiger partial charge in [0.2, 0.25) is 5.91 Å². The molecule has 94 valence electrons. The van der Waals surface area contributed by atoms with Crippen LogP contribution in [0.5, 0.6) is 0 Å². The van der Waals surface area contributed by atoms with E-state index in [1.807, 2.05) is 56.3 Å². The summed E-state index contributed by atoms with van der Waals surface area (Å²) in [7, 11) is 1.78. The van der Waals surface area contributed by atoms with E-state index in [0.29, 0.717) is 6.54 Å². The summed E-state index contributed by atoms with van der Waals surface area (Å²) in [4.78, 5) is 13.4. The van der Waals surface area contributed by atoms with Gasteiger partial charge in [0, 0.05) is 19.7 Å². The van der Waals surface area contributed by atoms with Gasteiger partial charge in [0.15, 0.2) is 0 Å². The highest BCUT2D eigenvalue weighted by atomic mass is 16.2. The lowest BCUT2D eigenvalue weighted by Gasteiger charge is -2.11. The van der Waals surface area contributed by atoms with E-state index in [2.05, 4.69) is 5.73 Å². The third-order valence-electron chi connectivity index (χ3n) is 2.35. The summed E-state index contributed by atoms with van der Waals surface area (Å²) in [6.45, 7) is 4.53. The fourth-order valence-corrected chi connectivity index (χ4v) is 1.34. The summed E-state index contributed by atoms with van der Waals surface area (Å²) in [5, 5.41) is 0. The smallest absolute Gasteiger partial charge is 0.246 e. The van der Waals surface area contributed by atoms with Gasteiger partial charge in [-0.1, -0.05) is 30.3 Å². The van der Waals surface area contributed by atoms with Crippen LogP contribution in [0.15, 0.2) is 53.8 Å². The van der Waals surface area contributed by atoms with Crippen molar-refractivity contribution in [1.82, 2.24) is 4.90 Å². The van der Waals surface area contributed by atoms with E-state index in [9.17, 15) is 4.79 Å². The molecule has 0 fully saturated rings. The third kappa shape index (κ3) is 5.33. The van der Waals surface area contributed by atoms with Crippen molar-refractivity contribution in [2.24, 2.45) is 0 Å². The van der Waals surface area contributed by atoms with Gasteiger partial charge in [0.1, 0.15) is 0 Å². The number of likely N-dealkylation sites (N-methyl/N-ethyl adjacent to an activating group) is 1. The maximum Gasteiger partial charge on any atom is 0.246 e. The highest BCUT2D eigenvalue weighted by Crippen LogP contribution is 2.01. The summed E-state index contributed by atoms with van der Waals surface area (Å²) in [5.41, 5.74) is 5.21. The molecule has 0 unspecified atom stereocenters. The zero-order chi connectivity index (χ0) is 13.4. The minimum atomic E-state index is -0.00865. The van der Waals surface area contributed by atoms with E-state index in [0.717, 1.165) is 11.1 Å². The number of rotatable bonds is 4. The van der Waals surface area contributed by atoms with Crippen molar-refractivity contribution in [3.8, 4) is 0 Å². The second-order valence-electron chi connectivity index (χ2n) is 4.31. The van der Waals surface area contributed by atoms with Crippen molar-refractivity contribution in [2.45, 2.75) is 13.8 Å². The third-order valence-corrected chi connectivity index (χ3v) is 2.35. The Morgan fingerprint density at radius 2 is 1.94 bits per heavy atom. The van der Waals surface area contributed by atoms with Crippen LogP contribution in [-0.2, 0) is 4.79 Å². The van der Waals surface area contributed by atoms with Gasteiger partial charge in [0.25, 0.3) is 0 Å². The van der Waals surface area contributed by atoms with E-state index in [1.54, 1.807) is 18.0 Å². The molecule has 0 radical (unpaired) electrons. The topological polar surface area (TPSA) is 20.3 Å². The summed E-state index contributed by atoms with van der Waals surface area (Å²) in [5.74, 6) is -0.00865. The van der Waals surface area contributed by atoms with Gasteiger partial charge >= 0.3 is 0 Å². The number of hydrogen-bond donors (Lipinski definition) is 0. The van der Waals surface area contributed by atoms with Crippen LogP contribution in [0.3, 0.4) is 0 Å². The molecule has 0 saturated heterocycles. The summed E-state index contributed by atoms with van der Waals surface area (Å²) in [6, 6.07) is 9.78. The van der Waals surface area contributed by atoms with E-state index in [-0.39, 0.29) is 5.91 Å². The molecule has 0 aliphatic carbocycles. The summed E-state index contributed by atoms with van der Waals surface area (Å²) >= 11 is 0. The van der Waals surface area contributed by atoms with Gasteiger partial charge in [-0.25, -0.2) is 0 Å². The van der Waals surface area contributed by atoms with Crippen LogP contribution in [0.25, 0.3) is 6.08 Å². The molecule has 0 aromatic heterocycles. The van der Waals surface area contributed by atoms with Crippen LogP contribution in [-0.4, -0.2) is 24.4 Å².